The maximum Gasteiger partial charge on any atom is 0.253 e. The summed E-state index contributed by atoms with van der Waals surface area (Å²) >= 11 is 12.8. The lowest BCUT2D eigenvalue weighted by Crippen LogP contribution is -2.22. The number of carbonyl (C=O) groups is 1. The van der Waals surface area contributed by atoms with Crippen LogP contribution in [0.3, 0.4) is 0 Å². The molecule has 2 aromatic rings. The van der Waals surface area contributed by atoms with Crippen molar-refractivity contribution in [1.29, 1.82) is 5.26 Å². The van der Waals surface area contributed by atoms with Crippen LogP contribution in [0, 0.1) is 11.3 Å². The topological polar surface area (TPSA) is 52.9 Å². The highest BCUT2D eigenvalue weighted by atomic mass is 35.5. The Balaban J connectivity index is 2.04. The van der Waals surface area contributed by atoms with Crippen molar-refractivity contribution in [2.45, 2.75) is 6.54 Å². The Kier molecular flexibility index (Phi) is 4.43. The van der Waals surface area contributed by atoms with Gasteiger partial charge in [0, 0.05) is 6.54 Å². The molecule has 0 unspecified atom stereocenters. The highest BCUT2D eigenvalue weighted by Gasteiger charge is 2.13. The van der Waals surface area contributed by atoms with E-state index in [-0.39, 0.29) is 5.91 Å². The number of hydrogen-bond donors (Lipinski definition) is 1. The van der Waals surface area contributed by atoms with E-state index in [2.05, 4.69) is 5.32 Å². The van der Waals surface area contributed by atoms with Crippen molar-refractivity contribution in [2.24, 2.45) is 0 Å². The Bertz CT molecular complexity index is 661. The fourth-order valence-corrected chi connectivity index (χ4v) is 2.98. The van der Waals surface area contributed by atoms with Gasteiger partial charge in [0.15, 0.2) is 0 Å². The van der Waals surface area contributed by atoms with Crippen molar-refractivity contribution in [3.05, 3.63) is 55.7 Å². The number of nitrogens with one attached hydrogen (secondary N) is 1. The van der Waals surface area contributed by atoms with Crippen LogP contribution >= 0.6 is 34.5 Å². The number of thiophene rings is 1. The van der Waals surface area contributed by atoms with Crippen LogP contribution in [-0.4, -0.2) is 5.91 Å². The summed E-state index contributed by atoms with van der Waals surface area (Å²) in [4.78, 5) is 11.9. The van der Waals surface area contributed by atoms with Crippen LogP contribution in [0.2, 0.25) is 8.67 Å². The Labute approximate surface area is 124 Å². The molecule has 0 aliphatic heterocycles. The number of halogens is 2. The van der Waals surface area contributed by atoms with Gasteiger partial charge in [0.05, 0.1) is 21.5 Å². The molecule has 1 aromatic heterocycles. The van der Waals surface area contributed by atoms with Gasteiger partial charge in [0.2, 0.25) is 0 Å². The SMILES string of the molecule is N#Cc1cccc(CNC(=O)c2cc(Cl)sc2Cl)c1. The number of amides is 1. The lowest BCUT2D eigenvalue weighted by atomic mass is 10.1. The Morgan fingerprint density at radius 2 is 2.16 bits per heavy atom. The number of hydrogen-bond acceptors (Lipinski definition) is 3. The highest BCUT2D eigenvalue weighted by molar-refractivity contribution is 7.20. The first-order chi connectivity index (χ1) is 9.10. The lowest BCUT2D eigenvalue weighted by Gasteiger charge is -2.04. The first-order valence-electron chi connectivity index (χ1n) is 5.32. The van der Waals surface area contributed by atoms with E-state index in [1.807, 2.05) is 12.1 Å². The Morgan fingerprint density at radius 1 is 1.37 bits per heavy atom. The predicted octanol–water partition coefficient (Wildman–Crippen LogP) is 3.86. The third-order valence-electron chi connectivity index (χ3n) is 2.41. The van der Waals surface area contributed by atoms with Crippen molar-refractivity contribution < 1.29 is 4.79 Å². The molecule has 1 N–H and O–H groups in total. The highest BCUT2D eigenvalue weighted by Crippen LogP contribution is 2.30. The van der Waals surface area contributed by atoms with Crippen molar-refractivity contribution in [3.63, 3.8) is 0 Å². The molecule has 0 atom stereocenters. The molecule has 0 aliphatic carbocycles. The van der Waals surface area contributed by atoms with Gasteiger partial charge in [-0.25, -0.2) is 0 Å². The zero-order valence-corrected chi connectivity index (χ0v) is 11.9. The van der Waals surface area contributed by atoms with E-state index in [0.717, 1.165) is 16.9 Å². The van der Waals surface area contributed by atoms with Crippen LogP contribution in [0.1, 0.15) is 21.5 Å². The molecule has 6 heteroatoms. The third-order valence-corrected chi connectivity index (χ3v) is 3.90. The Hall–Kier alpha value is -1.54. The van der Waals surface area contributed by atoms with E-state index in [9.17, 15) is 4.79 Å². The smallest absolute Gasteiger partial charge is 0.253 e. The van der Waals surface area contributed by atoms with Crippen LogP contribution in [0.4, 0.5) is 0 Å². The molecule has 96 valence electrons. The molecule has 0 radical (unpaired) electrons. The fraction of sp³-hybridized carbons (Fsp3) is 0.0769. The quantitative estimate of drug-likeness (QED) is 0.936. The summed E-state index contributed by atoms with van der Waals surface area (Å²) in [6.45, 7) is 0.331. The summed E-state index contributed by atoms with van der Waals surface area (Å²) in [5, 5.41) is 11.5. The third kappa shape index (κ3) is 3.48. The second-order valence-electron chi connectivity index (χ2n) is 3.73. The van der Waals surface area contributed by atoms with Gasteiger partial charge in [-0.1, -0.05) is 35.3 Å². The summed E-state index contributed by atoms with van der Waals surface area (Å²) < 4.78 is 0.843. The first kappa shape index (κ1) is 13.9. The van der Waals surface area contributed by atoms with Crippen molar-refractivity contribution in [3.8, 4) is 6.07 Å². The molecule has 0 fully saturated rings. The number of nitrogens with zero attached hydrogens (tertiary/aromatic N) is 1. The number of nitriles is 1. The average molecular weight is 311 g/mol. The second kappa shape index (κ2) is 6.07. The summed E-state index contributed by atoms with van der Waals surface area (Å²) in [6.07, 6.45) is 0. The molecule has 1 aromatic carbocycles. The van der Waals surface area contributed by atoms with Crippen LogP contribution in [0.25, 0.3) is 0 Å². The van der Waals surface area contributed by atoms with Gasteiger partial charge in [-0.05, 0) is 23.8 Å². The van der Waals surface area contributed by atoms with Gasteiger partial charge < -0.3 is 5.32 Å². The van der Waals surface area contributed by atoms with E-state index in [0.29, 0.717) is 26.3 Å². The molecule has 3 nitrogen and oxygen atoms in total. The maximum atomic E-state index is 11.9. The number of carbonyl (C=O) groups excluding carboxylic acids is 1. The monoisotopic (exact) mass is 310 g/mol. The van der Waals surface area contributed by atoms with Crippen LogP contribution in [0.5, 0.6) is 0 Å². The number of benzene rings is 1. The largest absolute Gasteiger partial charge is 0.348 e. The molecule has 0 aliphatic rings. The molecule has 0 bridgehead atoms. The van der Waals surface area contributed by atoms with E-state index in [4.69, 9.17) is 28.5 Å². The zero-order valence-electron chi connectivity index (χ0n) is 9.61. The summed E-state index contributed by atoms with van der Waals surface area (Å²) in [7, 11) is 0. The molecule has 0 saturated heterocycles. The normalized spacial score (nSPS) is 9.95. The summed E-state index contributed by atoms with van der Waals surface area (Å²) in [5.41, 5.74) is 1.78. The minimum absolute atomic E-state index is 0.282. The van der Waals surface area contributed by atoms with Crippen molar-refractivity contribution in [2.75, 3.05) is 0 Å². The Morgan fingerprint density at radius 3 is 2.79 bits per heavy atom. The molecular weight excluding hydrogens is 303 g/mol. The molecule has 19 heavy (non-hydrogen) atoms. The van der Waals surface area contributed by atoms with Crippen LogP contribution in [0.15, 0.2) is 30.3 Å². The van der Waals surface area contributed by atoms with Gasteiger partial charge in [0.1, 0.15) is 4.34 Å². The van der Waals surface area contributed by atoms with Gasteiger partial charge in [-0.15, -0.1) is 11.3 Å². The minimum Gasteiger partial charge on any atom is -0.348 e. The summed E-state index contributed by atoms with van der Waals surface area (Å²) in [6, 6.07) is 10.6. The van der Waals surface area contributed by atoms with Gasteiger partial charge in [0.25, 0.3) is 5.91 Å². The number of rotatable bonds is 3. The first-order valence-corrected chi connectivity index (χ1v) is 6.89. The molecular formula is C13H8Cl2N2OS. The van der Waals surface area contributed by atoms with Gasteiger partial charge >= 0.3 is 0 Å². The molecule has 1 heterocycles. The average Bonchev–Trinajstić information content (AvgIpc) is 2.75. The van der Waals surface area contributed by atoms with Gasteiger partial charge in [-0.3, -0.25) is 4.79 Å². The zero-order chi connectivity index (χ0) is 13.8. The van der Waals surface area contributed by atoms with Gasteiger partial charge in [-0.2, -0.15) is 5.26 Å². The standard InChI is InChI=1S/C13H8Cl2N2OS/c14-11-5-10(12(15)19-11)13(18)17-7-9-3-1-2-8(4-9)6-16/h1-5H,7H2,(H,17,18). The maximum absolute atomic E-state index is 11.9. The van der Waals surface area contributed by atoms with Crippen molar-refractivity contribution in [1.82, 2.24) is 5.32 Å². The van der Waals surface area contributed by atoms with E-state index in [1.165, 1.54) is 6.07 Å². The van der Waals surface area contributed by atoms with Crippen LogP contribution < -0.4 is 5.32 Å². The fourth-order valence-electron chi connectivity index (χ4n) is 1.52. The van der Waals surface area contributed by atoms with Crippen molar-refractivity contribution >= 4 is 40.4 Å². The van der Waals surface area contributed by atoms with E-state index >= 15 is 0 Å². The minimum atomic E-state index is -0.282. The molecule has 0 saturated carbocycles. The molecule has 2 rings (SSSR count). The second-order valence-corrected chi connectivity index (χ2v) is 6.02. The van der Waals surface area contributed by atoms with E-state index in [1.54, 1.807) is 18.2 Å². The molecule has 0 spiro atoms. The summed E-state index contributed by atoms with van der Waals surface area (Å²) in [5.74, 6) is -0.282. The predicted molar refractivity (Wildman–Crippen MR) is 76.7 cm³/mol. The lowest BCUT2D eigenvalue weighted by molar-refractivity contribution is 0.0951. The molecule has 1 amide bonds. The van der Waals surface area contributed by atoms with E-state index < -0.39 is 0 Å². The van der Waals surface area contributed by atoms with Crippen LogP contribution in [-0.2, 0) is 6.54 Å².